The first-order chi connectivity index (χ1) is 7.56. The van der Waals surface area contributed by atoms with Crippen LogP contribution in [0, 0.1) is 5.41 Å². The quantitative estimate of drug-likeness (QED) is 0.828. The van der Waals surface area contributed by atoms with Gasteiger partial charge in [0.15, 0.2) is 0 Å². The van der Waals surface area contributed by atoms with E-state index >= 15 is 0 Å². The molecule has 2 nitrogen and oxygen atoms in total. The first-order valence-electron chi connectivity index (χ1n) is 5.54. The van der Waals surface area contributed by atoms with Gasteiger partial charge < -0.3 is 4.57 Å². The van der Waals surface area contributed by atoms with E-state index in [1.807, 2.05) is 6.20 Å². The summed E-state index contributed by atoms with van der Waals surface area (Å²) in [6.07, 6.45) is 3.92. The van der Waals surface area contributed by atoms with Crippen LogP contribution < -0.4 is 5.56 Å². The first-order valence-corrected chi connectivity index (χ1v) is 6.96. The Morgan fingerprint density at radius 3 is 2.50 bits per heavy atom. The lowest BCUT2D eigenvalue weighted by Crippen LogP contribution is -2.32. The van der Waals surface area contributed by atoms with Crippen molar-refractivity contribution < 1.29 is 0 Å². The average molecular weight is 304 g/mol. The maximum Gasteiger partial charge on any atom is 0.250 e. The van der Waals surface area contributed by atoms with Gasteiger partial charge in [-0.1, -0.05) is 13.8 Å². The van der Waals surface area contributed by atoms with Crippen LogP contribution in [0.15, 0.2) is 27.6 Å². The molecule has 1 rings (SSSR count). The second-order valence-electron chi connectivity index (χ2n) is 4.18. The molecule has 0 aromatic carbocycles. The summed E-state index contributed by atoms with van der Waals surface area (Å²) in [6, 6.07) is 3.37. The number of nitrogens with zero attached hydrogens (tertiary/aromatic N) is 1. The van der Waals surface area contributed by atoms with Crippen molar-refractivity contribution in [2.45, 2.75) is 33.2 Å². The van der Waals surface area contributed by atoms with Crippen LogP contribution in [0.25, 0.3) is 0 Å². The van der Waals surface area contributed by atoms with E-state index in [2.05, 4.69) is 42.4 Å². The standard InChI is InChI=1S/C12H18BrNOS/c1-3-12(4-2,9-16)8-14-7-10(13)5-6-11(14)15/h5-7,16H,3-4,8-9H2,1-2H3. The van der Waals surface area contributed by atoms with Crippen LogP contribution in [-0.4, -0.2) is 10.3 Å². The van der Waals surface area contributed by atoms with E-state index in [1.165, 1.54) is 0 Å². The third-order valence-corrected chi connectivity index (χ3v) is 4.43. The largest absolute Gasteiger partial charge is 0.314 e. The van der Waals surface area contributed by atoms with Gasteiger partial charge in [-0.2, -0.15) is 12.6 Å². The number of hydrogen-bond acceptors (Lipinski definition) is 2. The molecule has 90 valence electrons. The Balaban J connectivity index is 3.02. The van der Waals surface area contributed by atoms with Crippen LogP contribution in [0.5, 0.6) is 0 Å². The van der Waals surface area contributed by atoms with Gasteiger partial charge in [0.05, 0.1) is 0 Å². The molecule has 0 aliphatic rings. The zero-order valence-electron chi connectivity index (χ0n) is 9.74. The minimum Gasteiger partial charge on any atom is -0.314 e. The van der Waals surface area contributed by atoms with E-state index in [0.717, 1.165) is 29.6 Å². The van der Waals surface area contributed by atoms with E-state index in [-0.39, 0.29) is 11.0 Å². The minimum atomic E-state index is 0.0521. The molecule has 16 heavy (non-hydrogen) atoms. The lowest BCUT2D eigenvalue weighted by molar-refractivity contribution is 0.254. The summed E-state index contributed by atoms with van der Waals surface area (Å²) in [6.45, 7) is 5.05. The van der Waals surface area contributed by atoms with Crippen LogP contribution in [-0.2, 0) is 6.54 Å². The lowest BCUT2D eigenvalue weighted by atomic mass is 9.84. The van der Waals surface area contributed by atoms with Gasteiger partial charge >= 0.3 is 0 Å². The van der Waals surface area contributed by atoms with E-state index in [0.29, 0.717) is 0 Å². The van der Waals surface area contributed by atoms with Crippen molar-refractivity contribution >= 4 is 28.6 Å². The predicted molar refractivity (Wildman–Crippen MR) is 75.3 cm³/mol. The van der Waals surface area contributed by atoms with Crippen molar-refractivity contribution in [1.29, 1.82) is 0 Å². The van der Waals surface area contributed by atoms with Gasteiger partial charge in [0, 0.05) is 23.3 Å². The van der Waals surface area contributed by atoms with Gasteiger partial charge in [0.1, 0.15) is 0 Å². The summed E-state index contributed by atoms with van der Waals surface area (Å²) in [4.78, 5) is 11.7. The first kappa shape index (κ1) is 13.8. The maximum atomic E-state index is 11.7. The Labute approximate surface area is 111 Å². The highest BCUT2D eigenvalue weighted by Crippen LogP contribution is 2.29. The molecule has 0 fully saturated rings. The van der Waals surface area contributed by atoms with Crippen LogP contribution in [0.4, 0.5) is 0 Å². The van der Waals surface area contributed by atoms with Gasteiger partial charge in [0.25, 0.3) is 5.56 Å². The van der Waals surface area contributed by atoms with E-state index < -0.39 is 0 Å². The molecule has 0 unspecified atom stereocenters. The molecule has 0 radical (unpaired) electrons. The molecule has 0 bridgehead atoms. The molecular weight excluding hydrogens is 286 g/mol. The van der Waals surface area contributed by atoms with Crippen LogP contribution in [0.1, 0.15) is 26.7 Å². The van der Waals surface area contributed by atoms with Crippen LogP contribution in [0.2, 0.25) is 0 Å². The van der Waals surface area contributed by atoms with Crippen molar-refractivity contribution in [2.24, 2.45) is 5.41 Å². The Kier molecular flexibility index (Phi) is 5.12. The van der Waals surface area contributed by atoms with Gasteiger partial charge in [-0.3, -0.25) is 4.79 Å². The molecule has 0 spiro atoms. The van der Waals surface area contributed by atoms with Crippen molar-refractivity contribution in [3.63, 3.8) is 0 Å². The summed E-state index contributed by atoms with van der Waals surface area (Å²) in [5.41, 5.74) is 0.171. The third-order valence-electron chi connectivity index (χ3n) is 3.29. The molecule has 4 heteroatoms. The van der Waals surface area contributed by atoms with Crippen LogP contribution in [0.3, 0.4) is 0 Å². The fourth-order valence-corrected chi connectivity index (χ4v) is 2.66. The number of hydrogen-bond donors (Lipinski definition) is 1. The molecule has 0 N–H and O–H groups in total. The smallest absolute Gasteiger partial charge is 0.250 e. The highest BCUT2D eigenvalue weighted by atomic mass is 79.9. The SMILES string of the molecule is CCC(CC)(CS)Cn1cc(Br)ccc1=O. The zero-order valence-corrected chi connectivity index (χ0v) is 12.2. The lowest BCUT2D eigenvalue weighted by Gasteiger charge is -2.30. The van der Waals surface area contributed by atoms with Gasteiger partial charge in [-0.15, -0.1) is 0 Å². The highest BCUT2D eigenvalue weighted by molar-refractivity contribution is 9.10. The summed E-state index contributed by atoms with van der Waals surface area (Å²) < 4.78 is 2.71. The number of rotatable bonds is 5. The molecule has 0 aliphatic heterocycles. The number of aromatic nitrogens is 1. The molecule has 0 saturated heterocycles. The topological polar surface area (TPSA) is 22.0 Å². The monoisotopic (exact) mass is 303 g/mol. The average Bonchev–Trinajstić information content (AvgIpc) is 2.31. The number of pyridine rings is 1. The highest BCUT2D eigenvalue weighted by Gasteiger charge is 2.25. The summed E-state index contributed by atoms with van der Waals surface area (Å²) in [5.74, 6) is 0.805. The minimum absolute atomic E-state index is 0.0521. The van der Waals surface area contributed by atoms with Crippen molar-refractivity contribution in [3.8, 4) is 0 Å². The van der Waals surface area contributed by atoms with E-state index in [9.17, 15) is 4.79 Å². The van der Waals surface area contributed by atoms with Crippen molar-refractivity contribution in [3.05, 3.63) is 33.2 Å². The Morgan fingerprint density at radius 1 is 1.38 bits per heavy atom. The van der Waals surface area contributed by atoms with Gasteiger partial charge in [0.2, 0.25) is 0 Å². The second kappa shape index (κ2) is 5.92. The fraction of sp³-hybridized carbons (Fsp3) is 0.583. The van der Waals surface area contributed by atoms with Gasteiger partial charge in [-0.05, 0) is 46.0 Å². The fourth-order valence-electron chi connectivity index (χ4n) is 1.73. The second-order valence-corrected chi connectivity index (χ2v) is 5.41. The number of thiol groups is 1. The molecule has 1 heterocycles. The predicted octanol–water partition coefficient (Wildman–Crippen LogP) is 3.35. The van der Waals surface area contributed by atoms with E-state index in [4.69, 9.17) is 0 Å². The summed E-state index contributed by atoms with van der Waals surface area (Å²) in [7, 11) is 0. The van der Waals surface area contributed by atoms with Crippen molar-refractivity contribution in [1.82, 2.24) is 4.57 Å². The normalized spacial score (nSPS) is 11.8. The Hall–Kier alpha value is -0.220. The van der Waals surface area contributed by atoms with Gasteiger partial charge in [-0.25, -0.2) is 0 Å². The molecule has 0 saturated carbocycles. The zero-order chi connectivity index (χ0) is 12.2. The van der Waals surface area contributed by atoms with E-state index in [1.54, 1.807) is 16.7 Å². The summed E-state index contributed by atoms with van der Waals surface area (Å²) >= 11 is 7.82. The van der Waals surface area contributed by atoms with Crippen molar-refractivity contribution in [2.75, 3.05) is 5.75 Å². The third kappa shape index (κ3) is 3.14. The Morgan fingerprint density at radius 2 is 2.00 bits per heavy atom. The molecule has 0 amide bonds. The maximum absolute atomic E-state index is 11.7. The number of halogens is 1. The molecule has 0 aliphatic carbocycles. The molecular formula is C12H18BrNOS. The summed E-state index contributed by atoms with van der Waals surface area (Å²) in [5, 5.41) is 0. The molecule has 1 aromatic rings. The Bertz CT molecular complexity index is 390. The molecule has 0 atom stereocenters. The van der Waals surface area contributed by atoms with Crippen LogP contribution >= 0.6 is 28.6 Å². The molecule has 1 aromatic heterocycles.